The molecule has 0 aliphatic rings. The second-order valence-corrected chi connectivity index (χ2v) is 7.59. The molecule has 0 fully saturated rings. The average molecular weight is 337 g/mol. The van der Waals surface area contributed by atoms with E-state index < -0.39 is 15.9 Å². The Balaban J connectivity index is 1.94. The number of nitrogens with one attached hydrogen (secondary N) is 2. The molecule has 23 heavy (non-hydrogen) atoms. The van der Waals surface area contributed by atoms with Gasteiger partial charge in [0.1, 0.15) is 11.8 Å². The van der Waals surface area contributed by atoms with E-state index in [2.05, 4.69) is 15.8 Å². The van der Waals surface area contributed by atoms with Crippen LogP contribution in [0.3, 0.4) is 0 Å². The Labute approximate surface area is 135 Å². The fourth-order valence-electron chi connectivity index (χ4n) is 1.98. The largest absolute Gasteiger partial charge is 0.374 e. The molecule has 1 aromatic carbocycles. The maximum atomic E-state index is 12.0. The molecule has 124 valence electrons. The van der Waals surface area contributed by atoms with Gasteiger partial charge >= 0.3 is 0 Å². The highest BCUT2D eigenvalue weighted by atomic mass is 32.2. The summed E-state index contributed by atoms with van der Waals surface area (Å²) in [7, 11) is -3.06. The first-order valence-corrected chi connectivity index (χ1v) is 9.06. The van der Waals surface area contributed by atoms with E-state index >= 15 is 0 Å². The van der Waals surface area contributed by atoms with Crippen LogP contribution in [0.2, 0.25) is 0 Å². The lowest BCUT2D eigenvalue weighted by molar-refractivity contribution is -0.116. The molecule has 8 heteroatoms. The van der Waals surface area contributed by atoms with Crippen molar-refractivity contribution >= 4 is 27.2 Å². The minimum Gasteiger partial charge on any atom is -0.374 e. The van der Waals surface area contributed by atoms with E-state index in [1.54, 1.807) is 44.2 Å². The van der Waals surface area contributed by atoms with Crippen molar-refractivity contribution in [3.8, 4) is 0 Å². The Bertz CT molecular complexity index is 781. The SMILES string of the molecule is Cc1cc(NC(=O)[C@H](C)Nc2ccc(CS(C)(=O)=O)cc2)no1. The zero-order chi connectivity index (χ0) is 17.0. The highest BCUT2D eigenvalue weighted by molar-refractivity contribution is 7.89. The fourth-order valence-corrected chi connectivity index (χ4v) is 2.77. The van der Waals surface area contributed by atoms with Crippen molar-refractivity contribution in [1.29, 1.82) is 0 Å². The Hall–Kier alpha value is -2.35. The van der Waals surface area contributed by atoms with E-state index in [1.807, 2.05) is 0 Å². The van der Waals surface area contributed by atoms with Crippen molar-refractivity contribution in [3.05, 3.63) is 41.7 Å². The summed E-state index contributed by atoms with van der Waals surface area (Å²) in [4.78, 5) is 12.0. The van der Waals surface area contributed by atoms with Gasteiger partial charge in [0.15, 0.2) is 15.7 Å². The summed E-state index contributed by atoms with van der Waals surface area (Å²) in [5.74, 6) is 0.722. The van der Waals surface area contributed by atoms with Gasteiger partial charge in [-0.3, -0.25) is 4.79 Å². The smallest absolute Gasteiger partial charge is 0.247 e. The van der Waals surface area contributed by atoms with Gasteiger partial charge in [-0.15, -0.1) is 0 Å². The summed E-state index contributed by atoms with van der Waals surface area (Å²) in [6.07, 6.45) is 1.19. The van der Waals surface area contributed by atoms with E-state index in [-0.39, 0.29) is 11.7 Å². The first kappa shape index (κ1) is 17.0. The molecule has 0 aliphatic carbocycles. The summed E-state index contributed by atoms with van der Waals surface area (Å²) < 4.78 is 27.4. The lowest BCUT2D eigenvalue weighted by Crippen LogP contribution is -2.31. The average Bonchev–Trinajstić information content (AvgIpc) is 2.84. The molecule has 0 spiro atoms. The van der Waals surface area contributed by atoms with Crippen molar-refractivity contribution < 1.29 is 17.7 Å². The molecule has 1 amide bonds. The third kappa shape index (κ3) is 5.41. The van der Waals surface area contributed by atoms with Crippen molar-refractivity contribution in [3.63, 3.8) is 0 Å². The molecule has 0 aliphatic heterocycles. The van der Waals surface area contributed by atoms with E-state index in [4.69, 9.17) is 4.52 Å². The van der Waals surface area contributed by atoms with Crippen molar-refractivity contribution in [2.24, 2.45) is 0 Å². The van der Waals surface area contributed by atoms with Crippen LogP contribution in [0.15, 0.2) is 34.9 Å². The molecule has 1 aromatic heterocycles. The summed E-state index contributed by atoms with van der Waals surface area (Å²) in [6.45, 7) is 3.45. The lowest BCUT2D eigenvalue weighted by Gasteiger charge is -2.14. The highest BCUT2D eigenvalue weighted by Gasteiger charge is 2.14. The van der Waals surface area contributed by atoms with Gasteiger partial charge < -0.3 is 15.2 Å². The number of amides is 1. The van der Waals surface area contributed by atoms with Gasteiger partial charge in [0.2, 0.25) is 5.91 Å². The lowest BCUT2D eigenvalue weighted by atomic mass is 10.2. The normalized spacial score (nSPS) is 12.7. The summed E-state index contributed by atoms with van der Waals surface area (Å²) in [5.41, 5.74) is 1.43. The monoisotopic (exact) mass is 337 g/mol. The number of aryl methyl sites for hydroxylation is 1. The third-order valence-electron chi connectivity index (χ3n) is 3.04. The molecule has 0 bridgehead atoms. The standard InChI is InChI=1S/C15H19N3O4S/c1-10-8-14(18-22-10)17-15(19)11(2)16-13-6-4-12(5-7-13)9-23(3,20)21/h4-8,11,16H,9H2,1-3H3,(H,17,18,19)/t11-/m0/s1. The van der Waals surface area contributed by atoms with E-state index in [1.165, 1.54) is 6.26 Å². The predicted octanol–water partition coefficient (Wildman–Crippen LogP) is 1.97. The van der Waals surface area contributed by atoms with Crippen LogP contribution >= 0.6 is 0 Å². The Morgan fingerprint density at radius 2 is 1.96 bits per heavy atom. The second kappa shape index (κ2) is 6.82. The molecule has 0 radical (unpaired) electrons. The van der Waals surface area contributed by atoms with Gasteiger partial charge in [0, 0.05) is 18.0 Å². The minimum absolute atomic E-state index is 0.00513. The molecule has 0 unspecified atom stereocenters. The third-order valence-corrected chi connectivity index (χ3v) is 3.90. The topological polar surface area (TPSA) is 101 Å². The Morgan fingerprint density at radius 3 is 2.48 bits per heavy atom. The number of anilines is 2. The molecular weight excluding hydrogens is 318 g/mol. The van der Waals surface area contributed by atoms with E-state index in [0.717, 1.165) is 5.69 Å². The zero-order valence-corrected chi connectivity index (χ0v) is 14.0. The van der Waals surface area contributed by atoms with Gasteiger partial charge in [-0.1, -0.05) is 17.3 Å². The molecule has 2 N–H and O–H groups in total. The molecule has 0 saturated carbocycles. The number of hydrogen-bond acceptors (Lipinski definition) is 6. The number of aromatic nitrogens is 1. The Morgan fingerprint density at radius 1 is 1.30 bits per heavy atom. The zero-order valence-electron chi connectivity index (χ0n) is 13.2. The first-order chi connectivity index (χ1) is 10.7. The van der Waals surface area contributed by atoms with Crippen LogP contribution in [0.25, 0.3) is 0 Å². The van der Waals surface area contributed by atoms with Crippen LogP contribution in [0.1, 0.15) is 18.2 Å². The van der Waals surface area contributed by atoms with Crippen LogP contribution in [0.4, 0.5) is 11.5 Å². The van der Waals surface area contributed by atoms with Gasteiger partial charge in [0.05, 0.1) is 5.75 Å². The maximum absolute atomic E-state index is 12.0. The number of sulfone groups is 1. The van der Waals surface area contributed by atoms with Crippen molar-refractivity contribution in [2.45, 2.75) is 25.6 Å². The highest BCUT2D eigenvalue weighted by Crippen LogP contribution is 2.14. The number of carbonyl (C=O) groups is 1. The van der Waals surface area contributed by atoms with E-state index in [0.29, 0.717) is 17.1 Å². The maximum Gasteiger partial charge on any atom is 0.247 e. The Kier molecular flexibility index (Phi) is 5.05. The summed E-state index contributed by atoms with van der Waals surface area (Å²) >= 11 is 0. The second-order valence-electron chi connectivity index (χ2n) is 5.45. The molecule has 7 nitrogen and oxygen atoms in total. The molecule has 1 heterocycles. The van der Waals surface area contributed by atoms with Crippen LogP contribution in [0, 0.1) is 6.92 Å². The van der Waals surface area contributed by atoms with E-state index in [9.17, 15) is 13.2 Å². The van der Waals surface area contributed by atoms with Gasteiger partial charge in [-0.2, -0.15) is 0 Å². The van der Waals surface area contributed by atoms with Crippen molar-refractivity contribution in [1.82, 2.24) is 5.16 Å². The van der Waals surface area contributed by atoms with Crippen molar-refractivity contribution in [2.75, 3.05) is 16.9 Å². The number of benzene rings is 1. The number of nitrogens with zero attached hydrogens (tertiary/aromatic N) is 1. The molecule has 1 atom stereocenters. The van der Waals surface area contributed by atoms with Crippen LogP contribution in [0.5, 0.6) is 0 Å². The molecule has 2 aromatic rings. The quantitative estimate of drug-likeness (QED) is 0.835. The fraction of sp³-hybridized carbons (Fsp3) is 0.333. The van der Waals surface area contributed by atoms with Gasteiger partial charge in [-0.05, 0) is 31.5 Å². The number of rotatable bonds is 6. The van der Waals surface area contributed by atoms with Gasteiger partial charge in [-0.25, -0.2) is 8.42 Å². The van der Waals surface area contributed by atoms with Crippen LogP contribution in [-0.2, 0) is 20.4 Å². The van der Waals surface area contributed by atoms with Gasteiger partial charge in [0.25, 0.3) is 0 Å². The molecule has 2 rings (SSSR count). The number of hydrogen-bond donors (Lipinski definition) is 2. The van der Waals surface area contributed by atoms with Crippen LogP contribution < -0.4 is 10.6 Å². The number of carbonyl (C=O) groups excluding carboxylic acids is 1. The summed E-state index contributed by atoms with van der Waals surface area (Å²) in [6, 6.07) is 8.05. The summed E-state index contributed by atoms with van der Waals surface area (Å²) in [5, 5.41) is 9.38. The minimum atomic E-state index is -3.06. The predicted molar refractivity (Wildman–Crippen MR) is 87.9 cm³/mol. The molecular formula is C15H19N3O4S. The van der Waals surface area contributed by atoms with Crippen LogP contribution in [-0.4, -0.2) is 31.8 Å². The first-order valence-electron chi connectivity index (χ1n) is 7.00. The molecule has 0 saturated heterocycles.